The molecule has 0 radical (unpaired) electrons. The van der Waals surface area contributed by atoms with Gasteiger partial charge in [-0.05, 0) is 25.2 Å². The highest BCUT2D eigenvalue weighted by Crippen LogP contribution is 2.37. The summed E-state index contributed by atoms with van der Waals surface area (Å²) in [6.07, 6.45) is 5.14. The number of rotatable bonds is 7. The summed E-state index contributed by atoms with van der Waals surface area (Å²) in [5, 5.41) is 0. The summed E-state index contributed by atoms with van der Waals surface area (Å²) in [7, 11) is 0. The molecular weight excluding hydrogens is 184 g/mol. The number of nitrogens with two attached hydrogens (primary N) is 2. The molecule has 0 aliphatic heterocycles. The first kappa shape index (κ1) is 14.9. The molecule has 0 aromatic carbocycles. The van der Waals surface area contributed by atoms with Gasteiger partial charge in [-0.1, -0.05) is 47.5 Å². The first-order chi connectivity index (χ1) is 6.95. The van der Waals surface area contributed by atoms with Crippen LogP contribution >= 0.6 is 0 Å². The fourth-order valence-corrected chi connectivity index (χ4v) is 2.97. The average Bonchev–Trinajstić information content (AvgIpc) is 2.28. The molecule has 0 spiro atoms. The molecule has 0 aromatic heterocycles. The lowest BCUT2D eigenvalue weighted by molar-refractivity contribution is 0.115. The molecule has 0 fully saturated rings. The second kappa shape index (κ2) is 5.86. The van der Waals surface area contributed by atoms with E-state index in [0.29, 0.717) is 5.92 Å². The van der Waals surface area contributed by atoms with E-state index < -0.39 is 0 Å². The minimum absolute atomic E-state index is 0.208. The molecule has 1 atom stereocenters. The van der Waals surface area contributed by atoms with E-state index in [1.165, 1.54) is 0 Å². The van der Waals surface area contributed by atoms with Gasteiger partial charge in [-0.2, -0.15) is 0 Å². The van der Waals surface area contributed by atoms with Crippen molar-refractivity contribution in [1.82, 2.24) is 0 Å². The van der Waals surface area contributed by atoms with Crippen LogP contribution in [0.1, 0.15) is 66.7 Å². The predicted molar refractivity (Wildman–Crippen MR) is 68.8 cm³/mol. The van der Waals surface area contributed by atoms with E-state index in [1.54, 1.807) is 0 Å². The fourth-order valence-electron chi connectivity index (χ4n) is 2.97. The summed E-state index contributed by atoms with van der Waals surface area (Å²) in [6, 6.07) is 0. The highest BCUT2D eigenvalue weighted by Gasteiger charge is 2.46. The Morgan fingerprint density at radius 1 is 0.800 bits per heavy atom. The van der Waals surface area contributed by atoms with Gasteiger partial charge in [0.1, 0.15) is 0 Å². The van der Waals surface area contributed by atoms with Crippen molar-refractivity contribution in [2.24, 2.45) is 17.4 Å². The van der Waals surface area contributed by atoms with E-state index >= 15 is 0 Å². The highest BCUT2D eigenvalue weighted by molar-refractivity contribution is 5.08. The monoisotopic (exact) mass is 214 g/mol. The van der Waals surface area contributed by atoms with Crippen molar-refractivity contribution in [3.63, 3.8) is 0 Å². The molecule has 4 N–H and O–H groups in total. The Morgan fingerprint density at radius 2 is 1.20 bits per heavy atom. The third kappa shape index (κ3) is 2.54. The molecule has 0 heterocycles. The fraction of sp³-hybridized carbons (Fsp3) is 1.00. The van der Waals surface area contributed by atoms with Crippen LogP contribution in [0.2, 0.25) is 0 Å². The van der Waals surface area contributed by atoms with E-state index in [2.05, 4.69) is 34.6 Å². The van der Waals surface area contributed by atoms with Gasteiger partial charge in [0.05, 0.1) is 0 Å². The summed E-state index contributed by atoms with van der Waals surface area (Å²) in [5.41, 5.74) is 12.7. The highest BCUT2D eigenvalue weighted by atomic mass is 14.9. The van der Waals surface area contributed by atoms with Gasteiger partial charge in [0.25, 0.3) is 0 Å². The number of hydrogen-bond acceptors (Lipinski definition) is 2. The quantitative estimate of drug-likeness (QED) is 0.684. The molecule has 0 saturated carbocycles. The molecule has 2 nitrogen and oxygen atoms in total. The zero-order valence-corrected chi connectivity index (χ0v) is 11.3. The minimum atomic E-state index is -0.210. The normalized spacial score (nSPS) is 16.8. The molecule has 92 valence electrons. The average molecular weight is 214 g/mol. The summed E-state index contributed by atoms with van der Waals surface area (Å²) in [4.78, 5) is 0. The molecule has 0 aliphatic rings. The molecule has 15 heavy (non-hydrogen) atoms. The first-order valence-electron chi connectivity index (χ1n) is 6.53. The van der Waals surface area contributed by atoms with Gasteiger partial charge in [0, 0.05) is 11.1 Å². The second-order valence-corrected chi connectivity index (χ2v) is 4.77. The van der Waals surface area contributed by atoms with Crippen LogP contribution in [0.15, 0.2) is 0 Å². The van der Waals surface area contributed by atoms with Crippen molar-refractivity contribution in [1.29, 1.82) is 0 Å². The van der Waals surface area contributed by atoms with E-state index in [0.717, 1.165) is 32.1 Å². The molecule has 0 aliphatic carbocycles. The Hall–Kier alpha value is -0.0800. The Labute approximate surface area is 95.8 Å². The first-order valence-corrected chi connectivity index (χ1v) is 6.53. The van der Waals surface area contributed by atoms with Crippen LogP contribution in [-0.2, 0) is 0 Å². The minimum Gasteiger partial charge on any atom is -0.324 e. The third-order valence-electron chi connectivity index (χ3n) is 4.49. The summed E-state index contributed by atoms with van der Waals surface area (Å²) < 4.78 is 0. The van der Waals surface area contributed by atoms with Crippen LogP contribution in [0.5, 0.6) is 0 Å². The molecule has 1 unspecified atom stereocenters. The maximum absolute atomic E-state index is 6.64. The smallest absolute Gasteiger partial charge is 0.0362 e. The van der Waals surface area contributed by atoms with Gasteiger partial charge in [-0.3, -0.25) is 0 Å². The van der Waals surface area contributed by atoms with Crippen molar-refractivity contribution in [3.05, 3.63) is 0 Å². The number of hydrogen-bond donors (Lipinski definition) is 2. The van der Waals surface area contributed by atoms with Gasteiger partial charge in [-0.25, -0.2) is 0 Å². The van der Waals surface area contributed by atoms with Crippen molar-refractivity contribution in [2.75, 3.05) is 0 Å². The lowest BCUT2D eigenvalue weighted by Crippen LogP contribution is -2.68. The van der Waals surface area contributed by atoms with Crippen molar-refractivity contribution >= 4 is 0 Å². The SMILES string of the molecule is CCC(CC)C(N)(CC)C(N)(CC)CC. The van der Waals surface area contributed by atoms with Crippen LogP contribution in [0, 0.1) is 5.92 Å². The van der Waals surface area contributed by atoms with E-state index in [4.69, 9.17) is 11.5 Å². The van der Waals surface area contributed by atoms with Gasteiger partial charge >= 0.3 is 0 Å². The molecule has 0 saturated heterocycles. The Kier molecular flexibility index (Phi) is 5.82. The van der Waals surface area contributed by atoms with Crippen LogP contribution in [-0.4, -0.2) is 11.1 Å². The van der Waals surface area contributed by atoms with Crippen LogP contribution < -0.4 is 11.5 Å². The van der Waals surface area contributed by atoms with Crippen molar-refractivity contribution in [3.8, 4) is 0 Å². The molecule has 2 heteroatoms. The lowest BCUT2D eigenvalue weighted by atomic mass is 9.64. The van der Waals surface area contributed by atoms with Crippen LogP contribution in [0.3, 0.4) is 0 Å². The van der Waals surface area contributed by atoms with Crippen molar-refractivity contribution in [2.45, 2.75) is 77.8 Å². The van der Waals surface area contributed by atoms with Crippen LogP contribution in [0.25, 0.3) is 0 Å². The second-order valence-electron chi connectivity index (χ2n) is 4.77. The molecule has 0 amide bonds. The molecule has 0 bridgehead atoms. The van der Waals surface area contributed by atoms with E-state index in [-0.39, 0.29) is 11.1 Å². The third-order valence-corrected chi connectivity index (χ3v) is 4.49. The van der Waals surface area contributed by atoms with Crippen molar-refractivity contribution < 1.29 is 0 Å². The van der Waals surface area contributed by atoms with Gasteiger partial charge in [-0.15, -0.1) is 0 Å². The van der Waals surface area contributed by atoms with Crippen LogP contribution in [0.4, 0.5) is 0 Å². The summed E-state index contributed by atoms with van der Waals surface area (Å²) in [6.45, 7) is 10.9. The zero-order chi connectivity index (χ0) is 12.1. The van der Waals surface area contributed by atoms with Gasteiger partial charge in [0.15, 0.2) is 0 Å². The van der Waals surface area contributed by atoms with E-state index in [9.17, 15) is 0 Å². The zero-order valence-electron chi connectivity index (χ0n) is 11.3. The Balaban J connectivity index is 5.12. The summed E-state index contributed by atoms with van der Waals surface area (Å²) >= 11 is 0. The molecular formula is C13H30N2. The van der Waals surface area contributed by atoms with E-state index in [1.807, 2.05) is 0 Å². The maximum Gasteiger partial charge on any atom is 0.0362 e. The standard InChI is InChI=1S/C13H30N2/c1-6-11(7-2)13(15,10-5)12(14,8-3)9-4/h11H,6-10,14-15H2,1-5H3. The maximum atomic E-state index is 6.64. The topological polar surface area (TPSA) is 52.0 Å². The predicted octanol–water partition coefficient (Wildman–Crippen LogP) is 3.05. The Bertz CT molecular complexity index is 171. The Morgan fingerprint density at radius 3 is 1.40 bits per heavy atom. The van der Waals surface area contributed by atoms with Gasteiger partial charge in [0.2, 0.25) is 0 Å². The van der Waals surface area contributed by atoms with Gasteiger partial charge < -0.3 is 11.5 Å². The largest absolute Gasteiger partial charge is 0.324 e. The lowest BCUT2D eigenvalue weighted by Gasteiger charge is -2.50. The summed E-state index contributed by atoms with van der Waals surface area (Å²) in [5.74, 6) is 0.535. The molecule has 0 rings (SSSR count). The molecule has 0 aromatic rings.